The average Bonchev–Trinajstić information content (AvgIpc) is 3.38. The van der Waals surface area contributed by atoms with Crippen LogP contribution in [0, 0.1) is 0 Å². The minimum Gasteiger partial charge on any atom is -0.338 e. The molecule has 1 amide bonds. The fourth-order valence-corrected chi connectivity index (χ4v) is 5.07. The second-order valence-electron chi connectivity index (χ2n) is 6.67. The minimum absolute atomic E-state index is 0.0969. The summed E-state index contributed by atoms with van der Waals surface area (Å²) in [4.78, 5) is 16.6. The van der Waals surface area contributed by atoms with E-state index in [9.17, 15) is 13.2 Å². The minimum atomic E-state index is -3.72. The molecule has 0 bridgehead atoms. The number of para-hydroxylation sites is 1. The Hall–Kier alpha value is -3.17. The van der Waals surface area contributed by atoms with Crippen molar-refractivity contribution >= 4 is 49.0 Å². The predicted molar refractivity (Wildman–Crippen MR) is 119 cm³/mol. The van der Waals surface area contributed by atoms with Gasteiger partial charge in [-0.25, -0.2) is 13.4 Å². The van der Waals surface area contributed by atoms with E-state index in [1.165, 1.54) is 35.2 Å². The Kier molecular flexibility index (Phi) is 5.56. The number of anilines is 2. The number of carbonyl (C=O) groups excluding carboxylic acids is 1. The Balaban J connectivity index is 1.46. The van der Waals surface area contributed by atoms with Gasteiger partial charge >= 0.3 is 0 Å². The van der Waals surface area contributed by atoms with Crippen LogP contribution in [-0.4, -0.2) is 23.9 Å². The van der Waals surface area contributed by atoms with Crippen LogP contribution in [0.4, 0.5) is 10.8 Å². The molecule has 4 rings (SSSR count). The lowest BCUT2D eigenvalue weighted by molar-refractivity contribution is -0.116. The van der Waals surface area contributed by atoms with E-state index in [0.29, 0.717) is 10.8 Å². The molecule has 2 heterocycles. The van der Waals surface area contributed by atoms with E-state index in [0.717, 1.165) is 17.3 Å². The van der Waals surface area contributed by atoms with Gasteiger partial charge in [0.15, 0.2) is 5.13 Å². The first-order chi connectivity index (χ1) is 14.5. The molecule has 0 saturated carbocycles. The van der Waals surface area contributed by atoms with E-state index in [-0.39, 0.29) is 17.3 Å². The third-order valence-electron chi connectivity index (χ3n) is 4.67. The number of fused-ring (bicyclic) bond motifs is 1. The molecule has 7 nitrogen and oxygen atoms in total. The van der Waals surface area contributed by atoms with Crippen molar-refractivity contribution in [1.82, 2.24) is 9.55 Å². The average molecular weight is 441 g/mol. The number of aryl methyl sites for hydroxylation is 1. The number of benzene rings is 2. The number of amides is 1. The third-order valence-corrected chi connectivity index (χ3v) is 6.84. The van der Waals surface area contributed by atoms with Crippen molar-refractivity contribution < 1.29 is 13.2 Å². The van der Waals surface area contributed by atoms with Crippen molar-refractivity contribution in [1.29, 1.82) is 0 Å². The van der Waals surface area contributed by atoms with E-state index >= 15 is 0 Å². The molecule has 0 saturated heterocycles. The van der Waals surface area contributed by atoms with Crippen molar-refractivity contribution in [3.63, 3.8) is 0 Å². The summed E-state index contributed by atoms with van der Waals surface area (Å²) in [5.41, 5.74) is 2.78. The van der Waals surface area contributed by atoms with Crippen LogP contribution in [0.3, 0.4) is 0 Å². The van der Waals surface area contributed by atoms with Crippen molar-refractivity contribution in [3.8, 4) is 0 Å². The van der Waals surface area contributed by atoms with Crippen LogP contribution in [0.25, 0.3) is 10.9 Å². The largest absolute Gasteiger partial charge is 0.338 e. The molecule has 0 unspecified atom stereocenters. The number of thiazole rings is 1. The summed E-state index contributed by atoms with van der Waals surface area (Å²) in [6.07, 6.45) is 4.32. The number of hydrogen-bond acceptors (Lipinski definition) is 5. The molecule has 2 aromatic heterocycles. The maximum absolute atomic E-state index is 12.5. The standard InChI is InChI=1S/C21H20N4O3S2/c1-2-15-4-3-5-16-10-12-25(20(15)16)14-19(26)23-17-6-8-18(9-7-17)30(27,28)24-21-22-11-13-29-21/h3-13H,2,14H2,1H3,(H,22,24)(H,23,26). The van der Waals surface area contributed by atoms with Gasteiger partial charge in [-0.05, 0) is 47.7 Å². The Bertz CT molecular complexity index is 1280. The van der Waals surface area contributed by atoms with Crippen molar-refractivity contribution in [2.24, 2.45) is 0 Å². The highest BCUT2D eigenvalue weighted by atomic mass is 32.2. The number of nitrogens with one attached hydrogen (secondary N) is 2. The first kappa shape index (κ1) is 20.1. The zero-order chi connectivity index (χ0) is 21.1. The summed E-state index contributed by atoms with van der Waals surface area (Å²) in [6, 6.07) is 14.1. The van der Waals surface area contributed by atoms with Crippen LogP contribution in [0.15, 0.2) is 71.2 Å². The highest BCUT2D eigenvalue weighted by Gasteiger charge is 2.16. The Labute approximate surface area is 178 Å². The van der Waals surface area contributed by atoms with Crippen LogP contribution < -0.4 is 10.0 Å². The van der Waals surface area contributed by atoms with Crippen LogP contribution in [0.5, 0.6) is 0 Å². The summed E-state index contributed by atoms with van der Waals surface area (Å²) in [6.45, 7) is 2.26. The van der Waals surface area contributed by atoms with Gasteiger partial charge in [0.05, 0.1) is 10.4 Å². The molecule has 0 aliphatic heterocycles. The van der Waals surface area contributed by atoms with E-state index in [4.69, 9.17) is 0 Å². The van der Waals surface area contributed by atoms with Gasteiger partial charge in [0.1, 0.15) is 6.54 Å². The fraction of sp³-hybridized carbons (Fsp3) is 0.143. The van der Waals surface area contributed by atoms with Gasteiger partial charge in [-0.1, -0.05) is 25.1 Å². The number of hydrogen-bond donors (Lipinski definition) is 2. The molecule has 0 atom stereocenters. The lowest BCUT2D eigenvalue weighted by atomic mass is 10.1. The maximum atomic E-state index is 12.5. The predicted octanol–water partition coefficient (Wildman–Crippen LogP) is 4.10. The SMILES string of the molecule is CCc1cccc2ccn(CC(=O)Nc3ccc(S(=O)(=O)Nc4nccs4)cc3)c12. The molecular weight excluding hydrogens is 420 g/mol. The smallest absolute Gasteiger partial charge is 0.263 e. The molecule has 9 heteroatoms. The summed E-state index contributed by atoms with van der Waals surface area (Å²) in [7, 11) is -3.72. The second kappa shape index (κ2) is 8.29. The van der Waals surface area contributed by atoms with Crippen LogP contribution in [-0.2, 0) is 27.8 Å². The van der Waals surface area contributed by atoms with Gasteiger partial charge in [-0.2, -0.15) is 0 Å². The van der Waals surface area contributed by atoms with Gasteiger partial charge in [-0.3, -0.25) is 9.52 Å². The summed E-state index contributed by atoms with van der Waals surface area (Å²) in [5, 5.41) is 5.91. The normalized spacial score (nSPS) is 11.5. The van der Waals surface area contributed by atoms with Gasteiger partial charge in [0, 0.05) is 23.5 Å². The lowest BCUT2D eigenvalue weighted by Crippen LogP contribution is -2.18. The molecule has 0 fully saturated rings. The first-order valence-corrected chi connectivity index (χ1v) is 11.7. The number of carbonyl (C=O) groups is 1. The summed E-state index contributed by atoms with van der Waals surface area (Å²) in [5.74, 6) is -0.185. The Morgan fingerprint density at radius 2 is 1.93 bits per heavy atom. The molecule has 2 aromatic carbocycles. The first-order valence-electron chi connectivity index (χ1n) is 9.35. The monoisotopic (exact) mass is 440 g/mol. The van der Waals surface area contributed by atoms with Crippen molar-refractivity contribution in [2.45, 2.75) is 24.8 Å². The number of rotatable bonds is 7. The molecule has 0 radical (unpaired) electrons. The van der Waals surface area contributed by atoms with Gasteiger partial charge in [-0.15, -0.1) is 11.3 Å². The Morgan fingerprint density at radius 3 is 2.63 bits per heavy atom. The van der Waals surface area contributed by atoms with Crippen molar-refractivity contribution in [2.75, 3.05) is 10.0 Å². The molecule has 154 valence electrons. The van der Waals surface area contributed by atoms with Crippen LogP contribution in [0.2, 0.25) is 0 Å². The summed E-state index contributed by atoms with van der Waals surface area (Å²) >= 11 is 1.20. The molecule has 0 spiro atoms. The lowest BCUT2D eigenvalue weighted by Gasteiger charge is -2.10. The van der Waals surface area contributed by atoms with Gasteiger partial charge < -0.3 is 9.88 Å². The van der Waals surface area contributed by atoms with E-state index in [1.807, 2.05) is 29.0 Å². The molecule has 4 aromatic rings. The van der Waals surface area contributed by atoms with Gasteiger partial charge in [0.25, 0.3) is 10.0 Å². The fourth-order valence-electron chi connectivity index (χ4n) is 3.28. The number of aromatic nitrogens is 2. The summed E-state index contributed by atoms with van der Waals surface area (Å²) < 4.78 is 29.1. The van der Waals surface area contributed by atoms with Crippen LogP contribution >= 0.6 is 11.3 Å². The maximum Gasteiger partial charge on any atom is 0.263 e. The zero-order valence-corrected chi connectivity index (χ0v) is 17.8. The topological polar surface area (TPSA) is 93.1 Å². The highest BCUT2D eigenvalue weighted by Crippen LogP contribution is 2.22. The van der Waals surface area contributed by atoms with E-state index < -0.39 is 10.0 Å². The quantitative estimate of drug-likeness (QED) is 0.452. The Morgan fingerprint density at radius 1 is 1.13 bits per heavy atom. The van der Waals surface area contributed by atoms with E-state index in [2.05, 4.69) is 28.0 Å². The third kappa shape index (κ3) is 4.22. The molecular formula is C21H20N4O3S2. The number of nitrogens with zero attached hydrogens (tertiary/aromatic N) is 2. The second-order valence-corrected chi connectivity index (χ2v) is 9.24. The van der Waals surface area contributed by atoms with E-state index in [1.54, 1.807) is 17.5 Å². The molecule has 30 heavy (non-hydrogen) atoms. The van der Waals surface area contributed by atoms with Gasteiger partial charge in [0.2, 0.25) is 5.91 Å². The molecule has 0 aliphatic carbocycles. The van der Waals surface area contributed by atoms with Crippen LogP contribution in [0.1, 0.15) is 12.5 Å². The molecule has 0 aliphatic rings. The molecule has 2 N–H and O–H groups in total. The van der Waals surface area contributed by atoms with Crippen molar-refractivity contribution in [3.05, 3.63) is 71.9 Å². The zero-order valence-electron chi connectivity index (χ0n) is 16.2. The number of sulfonamides is 1. The highest BCUT2D eigenvalue weighted by molar-refractivity contribution is 7.93.